The Bertz CT molecular complexity index is 7740. The van der Waals surface area contributed by atoms with Gasteiger partial charge in [0, 0.05) is 213 Å². The van der Waals surface area contributed by atoms with Crippen LogP contribution in [0.15, 0.2) is 48.5 Å². The third kappa shape index (κ3) is 23.8. The van der Waals surface area contributed by atoms with Crippen LogP contribution in [0.2, 0.25) is 0 Å². The van der Waals surface area contributed by atoms with E-state index in [9.17, 15) is 56.2 Å². The van der Waals surface area contributed by atoms with E-state index < -0.39 is 456 Å². The number of ether oxygens (including phenoxy) is 12. The number of hydrogen-bond acceptors (Lipinski definition) is 24. The van der Waals surface area contributed by atoms with Crippen molar-refractivity contribution in [3.8, 4) is 46.0 Å². The Morgan fingerprint density at radius 3 is 0.942 bits per heavy atom. The summed E-state index contributed by atoms with van der Waals surface area (Å²) in [6, 6.07) is -30.0. The molecule has 0 bridgehead atoms. The maximum absolute atomic E-state index is 13.8. The molecule has 0 aromatic heterocycles. The van der Waals surface area contributed by atoms with Gasteiger partial charge in [-0.1, -0.05) is 110 Å². The number of nitrogens with two attached hydrogens (primary N) is 4. The number of benzene rings is 4. The SMILES string of the molecule is [2H]C([2H])([2H])C([2H])(C([2H])([2H])[2H])[C@]([2H])(N)C(=O)OC1([2H])C([2H])([2H])C2([2H])c3cc(OC)c(OC)cc3C([2H])([2H])C([2H])([2H])N2C([2H])([2H])C1([2H])CC(C)C.[2H]C([2H])([2H])Oc1cc2c(cc1OC)C1([2H])N(C([2H])([2H])C2([2H])[2H])C([2H])([2H])C([2H])(CC(C)C)C([2H])(OC(=O)[C@@]([2H])(N)C([2H])(C([2H])([2H])[2H])C([2H])([2H])[2H])C1([2H])[2H].[2H]C([2H])([2H])Oc1cc2c(cc1OC)C1([2H])N(C([2H])([2H])C2([2H])[2H])C([2H])([2H])C([2H])(CC(C)C)C([2H])(OC(=O)[C@@]([2H])(N)C([2H])(C([2H])([2H])[2H])C([2H])([2H])[2H])C1([2H])[2H].[2H]c1c(OC)c(OC)c([2H])c2c1C([2H])([2H])C([2H])([2H])N1C([2H])([2H])C([2H])(CC(C)C)C(OC(=O)[C@@]([2H])(N)C([2H])(C([2H])([2H])[2H])C([2H])([2H])[2H])C([2H])([2H])C21[2H]. The molecule has 120 heavy (non-hydrogen) atoms. The largest absolute Gasteiger partial charge is 0.493 e. The van der Waals surface area contributed by atoms with Crippen LogP contribution in [0.4, 0.5) is 0 Å². The minimum Gasteiger partial charge on any atom is -0.493 e. The van der Waals surface area contributed by atoms with E-state index in [2.05, 4.69) is 0 Å². The van der Waals surface area contributed by atoms with E-state index in [1.807, 2.05) is 0 Å². The Morgan fingerprint density at radius 1 is 0.375 bits per heavy atom. The molecule has 24 heteroatoms. The molecular weight excluding hydrogens is 1520 g/mol. The average molecular weight is 1760 g/mol. The van der Waals surface area contributed by atoms with Crippen LogP contribution in [0, 0.1) is 70.8 Å². The molecule has 8 N–H and O–H groups in total. The van der Waals surface area contributed by atoms with Gasteiger partial charge in [-0.15, -0.1) is 0 Å². The Balaban J connectivity index is 0.000000293. The molecule has 0 spiro atoms. The summed E-state index contributed by atoms with van der Waals surface area (Å²) in [6.07, 6.45) is -49.9. The van der Waals surface area contributed by atoms with Crippen LogP contribution in [0.3, 0.4) is 0 Å². The first-order valence-corrected chi connectivity index (χ1v) is 36.0. The summed E-state index contributed by atoms with van der Waals surface area (Å²) >= 11 is 0. The molecule has 0 aliphatic carbocycles. The standard InChI is InChI=1S/4C24H38N2O4/c4*1-14(2)9-17-13-26-8-7-16-10-21(28-5)22(29-6)11-18(16)19(26)12-20(17)30-24(27)23(25)15(3)4/h4*10-11,14-15,17,19-20,23H,7-9,12-13,25H2,1-6H3/t4*17?,19?,20?,23-/m0000/s1/i3D3,4D3,7D2,8D2,10D,11D,12D2,13D2,15D,17D,19D,23D;2*3D3,4D3,5D3,7D2,8D2,12D2,13D2,15D,17D,19D,20D,23D;3D3,4D3,7D2,8D2,12D2,13D2,15D,17D,19D,20D,23D. The van der Waals surface area contributed by atoms with Gasteiger partial charge in [0.2, 0.25) is 0 Å². The number of piperidine rings is 4. The molecule has 4 aromatic carbocycles. The number of rotatable bonds is 28. The molecule has 0 amide bonds. The summed E-state index contributed by atoms with van der Waals surface area (Å²) in [6.45, 7) is -52.6. The number of esters is 4. The van der Waals surface area contributed by atoms with Gasteiger partial charge in [0.05, 0.1) is 82.8 Å². The second-order valence-electron chi connectivity index (χ2n) is 27.7. The Labute approximate surface area is 835 Å². The molecule has 4 aromatic rings. The first-order chi connectivity index (χ1) is 88.9. The summed E-state index contributed by atoms with van der Waals surface area (Å²) < 4.78 is 769. The molecule has 12 rings (SSSR count). The van der Waals surface area contributed by atoms with Crippen molar-refractivity contribution in [2.24, 2.45) is 93.8 Å². The average Bonchev–Trinajstić information content (AvgIpc) is 0.647. The molecule has 0 saturated carbocycles. The van der Waals surface area contributed by atoms with E-state index in [1.54, 1.807) is 0 Å². The van der Waals surface area contributed by atoms with Gasteiger partial charge < -0.3 is 79.8 Å². The highest BCUT2D eigenvalue weighted by molar-refractivity contribution is 5.77. The fraction of sp³-hybridized carbons (Fsp3) is 0.708. The van der Waals surface area contributed by atoms with Crippen molar-refractivity contribution >= 4 is 23.9 Å². The van der Waals surface area contributed by atoms with Crippen LogP contribution in [0.5, 0.6) is 46.0 Å². The van der Waals surface area contributed by atoms with Gasteiger partial charge in [0.25, 0.3) is 0 Å². The summed E-state index contributed by atoms with van der Waals surface area (Å²) in [7, 11) is -0.346. The van der Waals surface area contributed by atoms with Crippen molar-refractivity contribution in [2.75, 3.05) is 109 Å². The summed E-state index contributed by atoms with van der Waals surface area (Å²) in [5.74, 6) is -49.7. The monoisotopic (exact) mass is 1760 g/mol. The Kier molecular flexibility index (Phi) is 12.4. The molecule has 8 aliphatic rings. The van der Waals surface area contributed by atoms with Gasteiger partial charge in [0.1, 0.15) is 48.4 Å². The maximum Gasteiger partial charge on any atom is 0.323 e. The van der Waals surface area contributed by atoms with Crippen molar-refractivity contribution in [3.63, 3.8) is 0 Å². The van der Waals surface area contributed by atoms with Gasteiger partial charge in [-0.2, -0.15) is 0 Å². The number of carbonyl (C=O) groups excluding carboxylic acids is 4. The smallest absolute Gasteiger partial charge is 0.323 e. The van der Waals surface area contributed by atoms with Crippen LogP contribution in [0.25, 0.3) is 0 Å². The minimum atomic E-state index is -4.27. The van der Waals surface area contributed by atoms with E-state index in [4.69, 9.17) is 157 Å². The first-order valence-electron chi connectivity index (χ1n) is 77.5. The van der Waals surface area contributed by atoms with Gasteiger partial charge >= 0.3 is 23.9 Å². The maximum atomic E-state index is 13.8. The zero-order chi connectivity index (χ0) is 161. The summed E-state index contributed by atoms with van der Waals surface area (Å²) in [5.41, 5.74) is 14.5. The van der Waals surface area contributed by atoms with Crippen LogP contribution in [-0.4, -0.2) is 201 Å². The van der Waals surface area contributed by atoms with Gasteiger partial charge in [0.15, 0.2) is 46.0 Å². The molecular formula is C96H152N8O16. The van der Waals surface area contributed by atoms with Crippen molar-refractivity contribution in [1.29, 1.82) is 0 Å². The molecule has 8 aliphatic heterocycles. The van der Waals surface area contributed by atoms with Gasteiger partial charge in [-0.25, -0.2) is 0 Å². The number of nitrogens with zero attached hydrogens (tertiary/aromatic N) is 4. The lowest BCUT2D eigenvalue weighted by atomic mass is 9.79. The highest BCUT2D eigenvalue weighted by atomic mass is 16.6. The van der Waals surface area contributed by atoms with Crippen LogP contribution in [0.1, 0.15) is 344 Å². The summed E-state index contributed by atoms with van der Waals surface area (Å²) in [4.78, 5) is 54.1. The number of methoxy groups -OCH3 is 8. The number of carbonyl (C=O) groups is 4. The molecule has 4 fully saturated rings. The van der Waals surface area contributed by atoms with Crippen LogP contribution in [-0.2, 0) is 63.6 Å². The second kappa shape index (κ2) is 43.9. The number of aryl methyl sites for hydroxylation is 3. The van der Waals surface area contributed by atoms with E-state index in [-0.39, 0.29) is 31.1 Å². The molecule has 12 unspecified atom stereocenters. The molecule has 0 radical (unpaired) electrons. The lowest BCUT2D eigenvalue weighted by Crippen LogP contribution is -2.51. The Hall–Kier alpha value is -7.16. The predicted octanol–water partition coefficient (Wildman–Crippen LogP) is 14.3. The number of fused-ring (bicyclic) bond motifs is 12. The Morgan fingerprint density at radius 2 is 0.642 bits per heavy atom. The zero-order valence-corrected chi connectivity index (χ0v) is 67.3. The van der Waals surface area contributed by atoms with Gasteiger partial charge in [-0.05, 0) is 191 Å². The second-order valence-corrected chi connectivity index (χ2v) is 27.7. The van der Waals surface area contributed by atoms with Crippen LogP contribution >= 0.6 is 0 Å². The fourth-order valence-electron chi connectivity index (χ4n) is 11.5. The van der Waals surface area contributed by atoms with Crippen molar-refractivity contribution in [3.05, 3.63) is 93.0 Å². The lowest BCUT2D eigenvalue weighted by Gasteiger charge is -2.47. The normalized spacial score (nSPS) is 51.0. The van der Waals surface area contributed by atoms with Crippen molar-refractivity contribution < 1.29 is 190 Å². The molecule has 8 heterocycles. The third-order valence-corrected chi connectivity index (χ3v) is 17.1. The molecule has 16 atom stereocenters. The van der Waals surface area contributed by atoms with Gasteiger partial charge in [-0.3, -0.25) is 38.8 Å². The zero-order valence-electron chi connectivity index (χ0n) is 150. The van der Waals surface area contributed by atoms with E-state index in [0.717, 1.165) is 54.8 Å². The highest BCUT2D eigenvalue weighted by Gasteiger charge is 2.47. The molecule has 4 saturated heterocycles. The summed E-state index contributed by atoms with van der Waals surface area (Å²) in [5, 5.41) is 0. The fourth-order valence-corrected chi connectivity index (χ4v) is 11.5. The molecule has 24 nitrogen and oxygen atoms in total. The first kappa shape index (κ1) is 34.0. The van der Waals surface area contributed by atoms with E-state index >= 15 is 0 Å². The van der Waals surface area contributed by atoms with E-state index in [1.165, 1.54) is 55.4 Å². The molecule has 672 valence electrons. The van der Waals surface area contributed by atoms with Crippen LogP contribution < -0.4 is 60.8 Å². The minimum absolute atomic E-state index is 0.201. The highest BCUT2D eigenvalue weighted by Crippen LogP contribution is 2.50. The van der Waals surface area contributed by atoms with Crippen molar-refractivity contribution in [1.82, 2.24) is 19.6 Å². The van der Waals surface area contributed by atoms with E-state index in [0.29, 0.717) is 24.3 Å². The lowest BCUT2D eigenvalue weighted by molar-refractivity contribution is -0.161. The van der Waals surface area contributed by atoms with Crippen molar-refractivity contribution in [2.45, 2.75) is 259 Å². The predicted molar refractivity (Wildman–Crippen MR) is 471 cm³/mol. The number of hydrogen-bond donors (Lipinski definition) is 4. The third-order valence-electron chi connectivity index (χ3n) is 17.1. The quantitative estimate of drug-likeness (QED) is 0.0303. The topological polar surface area (TPSA) is 296 Å².